The zero-order valence-electron chi connectivity index (χ0n) is 18.4. The van der Waals surface area contributed by atoms with Gasteiger partial charge in [-0.3, -0.25) is 9.59 Å². The second-order valence-electron chi connectivity index (χ2n) is 7.61. The van der Waals surface area contributed by atoms with Crippen molar-refractivity contribution >= 4 is 51.3 Å². The van der Waals surface area contributed by atoms with Gasteiger partial charge in [0.2, 0.25) is 5.91 Å². The van der Waals surface area contributed by atoms with E-state index in [0.29, 0.717) is 27.7 Å². The molecule has 4 rings (SSSR count). The Kier molecular flexibility index (Phi) is 7.58. The first-order chi connectivity index (χ1) is 16.6. The molecule has 1 aliphatic heterocycles. The Hall–Kier alpha value is -3.67. The van der Waals surface area contributed by atoms with E-state index in [9.17, 15) is 14.9 Å². The molecular formula is C26H22N4O2S2. The number of thiophene rings is 1. The fraction of sp³-hybridized carbons (Fsp3) is 0.154. The van der Waals surface area contributed by atoms with Crippen molar-refractivity contribution in [1.29, 1.82) is 5.26 Å². The Morgan fingerprint density at radius 3 is 2.26 bits per heavy atom. The molecule has 2 heterocycles. The summed E-state index contributed by atoms with van der Waals surface area (Å²) in [4.78, 5) is 30.4. The molecule has 0 radical (unpaired) electrons. The van der Waals surface area contributed by atoms with Crippen LogP contribution in [0, 0.1) is 17.2 Å². The van der Waals surface area contributed by atoms with Crippen LogP contribution in [0.15, 0.2) is 93.8 Å². The smallest absolute Gasteiger partial charge is 0.254 e. The second-order valence-corrected chi connectivity index (χ2v) is 9.39. The van der Waals surface area contributed by atoms with E-state index in [2.05, 4.69) is 21.7 Å². The molecule has 6 nitrogen and oxygen atoms in total. The molecule has 2 unspecified atom stereocenters. The molecule has 0 saturated heterocycles. The van der Waals surface area contributed by atoms with Crippen molar-refractivity contribution in [3.63, 3.8) is 0 Å². The molecule has 0 fully saturated rings. The van der Waals surface area contributed by atoms with Crippen LogP contribution < -0.4 is 10.6 Å². The van der Waals surface area contributed by atoms with Gasteiger partial charge in [-0.1, -0.05) is 48.2 Å². The summed E-state index contributed by atoms with van der Waals surface area (Å²) in [6.07, 6.45) is 0. The quantitative estimate of drug-likeness (QED) is 0.469. The predicted molar refractivity (Wildman–Crippen MR) is 139 cm³/mol. The number of amides is 2. The van der Waals surface area contributed by atoms with E-state index in [1.807, 2.05) is 77.5 Å². The normalized spacial score (nSPS) is 17.5. The number of nitrogens with zero attached hydrogens (tertiary/aromatic N) is 2. The van der Waals surface area contributed by atoms with Gasteiger partial charge in [-0.15, -0.1) is 0 Å². The largest absolute Gasteiger partial charge is 0.325 e. The molecule has 3 aromatic rings. The van der Waals surface area contributed by atoms with Gasteiger partial charge in [-0.05, 0) is 53.6 Å². The summed E-state index contributed by atoms with van der Waals surface area (Å²) in [5, 5.41) is 20.3. The number of hydrogen-bond donors (Lipinski definition) is 2. The Morgan fingerprint density at radius 2 is 1.68 bits per heavy atom. The zero-order chi connectivity index (χ0) is 23.9. The number of thioether (sulfide) groups is 1. The van der Waals surface area contributed by atoms with Gasteiger partial charge < -0.3 is 10.6 Å². The monoisotopic (exact) mass is 486 g/mol. The highest BCUT2D eigenvalue weighted by Gasteiger charge is 2.39. The van der Waals surface area contributed by atoms with Gasteiger partial charge in [0.1, 0.15) is 5.92 Å². The molecule has 2 aromatic carbocycles. The summed E-state index contributed by atoms with van der Waals surface area (Å²) < 4.78 is 0. The lowest BCUT2D eigenvalue weighted by Crippen LogP contribution is -2.31. The number of nitrogens with one attached hydrogen (secondary N) is 2. The van der Waals surface area contributed by atoms with Crippen LogP contribution in [0.1, 0.15) is 18.4 Å². The summed E-state index contributed by atoms with van der Waals surface area (Å²) in [6, 6.07) is 22.7. The van der Waals surface area contributed by atoms with Crippen LogP contribution >= 0.6 is 23.1 Å². The third kappa shape index (κ3) is 5.45. The van der Waals surface area contributed by atoms with E-state index in [0.717, 1.165) is 5.56 Å². The average molecular weight is 487 g/mol. The third-order valence-electron chi connectivity index (χ3n) is 5.30. The molecule has 34 heavy (non-hydrogen) atoms. The Balaban J connectivity index is 1.60. The summed E-state index contributed by atoms with van der Waals surface area (Å²) in [6.45, 7) is 1.78. The van der Waals surface area contributed by atoms with Crippen LogP contribution in [0.25, 0.3) is 0 Å². The van der Waals surface area contributed by atoms with Gasteiger partial charge in [0, 0.05) is 28.6 Å². The molecule has 170 valence electrons. The molecular weight excluding hydrogens is 464 g/mol. The number of carbonyl (C=O) groups excluding carboxylic acids is 2. The maximum absolute atomic E-state index is 13.3. The van der Waals surface area contributed by atoms with Crippen molar-refractivity contribution in [2.75, 3.05) is 16.4 Å². The maximum Gasteiger partial charge on any atom is 0.254 e. The first-order valence-corrected chi connectivity index (χ1v) is 12.5. The van der Waals surface area contributed by atoms with Gasteiger partial charge in [0.05, 0.1) is 16.9 Å². The Bertz CT molecular complexity index is 1260. The lowest BCUT2D eigenvalue weighted by Gasteiger charge is -2.29. The summed E-state index contributed by atoms with van der Waals surface area (Å²) in [5.74, 6) is -1.51. The topological polar surface area (TPSA) is 94.4 Å². The molecule has 0 bridgehead atoms. The van der Waals surface area contributed by atoms with Gasteiger partial charge >= 0.3 is 0 Å². The number of para-hydroxylation sites is 2. The number of carbonyl (C=O) groups is 2. The number of hydrogen-bond acceptors (Lipinski definition) is 6. The fourth-order valence-corrected chi connectivity index (χ4v) is 5.39. The number of anilines is 2. The highest BCUT2D eigenvalue weighted by molar-refractivity contribution is 8.14. The first kappa shape index (κ1) is 23.5. The molecule has 0 aliphatic carbocycles. The van der Waals surface area contributed by atoms with Crippen molar-refractivity contribution in [3.8, 4) is 6.07 Å². The van der Waals surface area contributed by atoms with Crippen LogP contribution in [0.3, 0.4) is 0 Å². The molecule has 1 aliphatic rings. The predicted octanol–water partition coefficient (Wildman–Crippen LogP) is 5.67. The summed E-state index contributed by atoms with van der Waals surface area (Å²) >= 11 is 2.74. The highest BCUT2D eigenvalue weighted by atomic mass is 32.2. The lowest BCUT2D eigenvalue weighted by atomic mass is 9.79. The summed E-state index contributed by atoms with van der Waals surface area (Å²) in [5.41, 5.74) is 3.28. The molecule has 8 heteroatoms. The number of aliphatic imine (C=N–C) groups is 1. The van der Waals surface area contributed by atoms with Gasteiger partial charge in [0.25, 0.3) is 5.91 Å². The summed E-state index contributed by atoms with van der Waals surface area (Å²) in [7, 11) is 0. The van der Waals surface area contributed by atoms with Crippen LogP contribution in [0.4, 0.5) is 11.4 Å². The molecule has 1 aromatic heterocycles. The minimum Gasteiger partial charge on any atom is -0.325 e. The first-order valence-electron chi connectivity index (χ1n) is 10.6. The van der Waals surface area contributed by atoms with Crippen LogP contribution in [-0.2, 0) is 9.59 Å². The Labute approximate surface area is 206 Å². The molecule has 0 spiro atoms. The van der Waals surface area contributed by atoms with E-state index < -0.39 is 11.8 Å². The van der Waals surface area contributed by atoms with Crippen molar-refractivity contribution in [2.45, 2.75) is 12.8 Å². The van der Waals surface area contributed by atoms with Crippen molar-refractivity contribution < 1.29 is 9.59 Å². The van der Waals surface area contributed by atoms with Gasteiger partial charge in [0.15, 0.2) is 0 Å². The molecule has 2 N–H and O–H groups in total. The number of allylic oxidation sites excluding steroid dienone is 1. The Morgan fingerprint density at radius 1 is 1.03 bits per heavy atom. The van der Waals surface area contributed by atoms with Crippen LogP contribution in [0.2, 0.25) is 0 Å². The zero-order valence-corrected chi connectivity index (χ0v) is 20.0. The van der Waals surface area contributed by atoms with E-state index in [4.69, 9.17) is 0 Å². The fourth-order valence-electron chi connectivity index (χ4n) is 3.78. The van der Waals surface area contributed by atoms with E-state index >= 15 is 0 Å². The number of benzene rings is 2. The van der Waals surface area contributed by atoms with Gasteiger partial charge in [-0.2, -0.15) is 16.6 Å². The molecule has 2 amide bonds. The maximum atomic E-state index is 13.3. The SMILES string of the molecule is CC1=C(C(=O)Nc2ccccc2)C(c2ccsc2)C(C#N)C(SCC(=O)Nc2ccccc2)=N1. The third-order valence-corrected chi connectivity index (χ3v) is 7.05. The van der Waals surface area contributed by atoms with Crippen LogP contribution in [-0.4, -0.2) is 22.6 Å². The lowest BCUT2D eigenvalue weighted by molar-refractivity contribution is -0.114. The van der Waals surface area contributed by atoms with Crippen molar-refractivity contribution in [3.05, 3.63) is 94.3 Å². The average Bonchev–Trinajstić information content (AvgIpc) is 3.38. The van der Waals surface area contributed by atoms with E-state index in [1.165, 1.54) is 23.1 Å². The number of nitriles is 1. The molecule has 0 saturated carbocycles. The van der Waals surface area contributed by atoms with Crippen molar-refractivity contribution in [2.24, 2.45) is 10.9 Å². The van der Waals surface area contributed by atoms with E-state index in [1.54, 1.807) is 6.92 Å². The number of rotatable bonds is 6. The minimum absolute atomic E-state index is 0.112. The van der Waals surface area contributed by atoms with E-state index in [-0.39, 0.29) is 17.6 Å². The molecule has 2 atom stereocenters. The standard InChI is InChI=1S/C26H22N4O2S2/c1-17-23(25(32)30-20-10-6-3-7-11-20)24(18-12-13-33-15-18)21(14-27)26(28-17)34-16-22(31)29-19-8-4-2-5-9-19/h2-13,15,21,24H,16H2,1H3,(H,29,31)(H,30,32). The minimum atomic E-state index is -0.677. The second kappa shape index (κ2) is 11.0. The van der Waals surface area contributed by atoms with Gasteiger partial charge in [-0.25, -0.2) is 4.99 Å². The van der Waals surface area contributed by atoms with Crippen LogP contribution in [0.5, 0.6) is 0 Å². The van der Waals surface area contributed by atoms with Crippen molar-refractivity contribution in [1.82, 2.24) is 0 Å². The highest BCUT2D eigenvalue weighted by Crippen LogP contribution is 2.42.